The summed E-state index contributed by atoms with van der Waals surface area (Å²) in [6.45, 7) is 20.2. The average Bonchev–Trinajstić information content (AvgIpc) is 2.23. The molecular formula is C16H25N. The number of hydrogen-bond acceptors (Lipinski definition) is 1. The van der Waals surface area contributed by atoms with E-state index in [9.17, 15) is 0 Å². The van der Waals surface area contributed by atoms with Gasteiger partial charge in [0.05, 0.1) is 0 Å². The molecule has 0 heterocycles. The fourth-order valence-electron chi connectivity index (χ4n) is 1.59. The molecule has 0 aromatic rings. The minimum Gasteiger partial charge on any atom is -0.360 e. The molecule has 1 nitrogen and oxygen atoms in total. The number of nitrogens with one attached hydrogen (secondary N) is 1. The molecule has 0 saturated heterocycles. The molecule has 0 unspecified atom stereocenters. The summed E-state index contributed by atoms with van der Waals surface area (Å²) in [7, 11) is 0. The Morgan fingerprint density at radius 1 is 0.941 bits per heavy atom. The van der Waals surface area contributed by atoms with E-state index in [1.165, 1.54) is 22.3 Å². The zero-order chi connectivity index (χ0) is 13.6. The van der Waals surface area contributed by atoms with Crippen LogP contribution in [-0.2, 0) is 0 Å². The van der Waals surface area contributed by atoms with E-state index in [1.54, 1.807) is 0 Å². The lowest BCUT2D eigenvalue weighted by Crippen LogP contribution is -2.13. The van der Waals surface area contributed by atoms with Gasteiger partial charge in [-0.15, -0.1) is 0 Å². The second-order valence-electron chi connectivity index (χ2n) is 4.62. The highest BCUT2D eigenvalue weighted by Gasteiger charge is 2.06. The molecule has 0 atom stereocenters. The van der Waals surface area contributed by atoms with Gasteiger partial charge in [0.2, 0.25) is 0 Å². The Bertz CT molecular complexity index is 399. The molecule has 0 aromatic heterocycles. The molecule has 94 valence electrons. The molecule has 0 amide bonds. The second kappa shape index (κ2) is 6.95. The first-order chi connectivity index (χ1) is 7.81. The molecule has 1 heteroatoms. The van der Waals surface area contributed by atoms with Crippen molar-refractivity contribution in [2.75, 3.05) is 0 Å². The third kappa shape index (κ3) is 4.90. The molecule has 0 spiro atoms. The van der Waals surface area contributed by atoms with Gasteiger partial charge >= 0.3 is 0 Å². The van der Waals surface area contributed by atoms with Crippen molar-refractivity contribution in [2.24, 2.45) is 0 Å². The molecule has 0 bridgehead atoms. The Hall–Kier alpha value is -1.50. The van der Waals surface area contributed by atoms with E-state index in [2.05, 4.69) is 53.1 Å². The van der Waals surface area contributed by atoms with Gasteiger partial charge in [0.25, 0.3) is 0 Å². The normalized spacial score (nSPS) is 12.7. The molecule has 0 aromatic carbocycles. The van der Waals surface area contributed by atoms with E-state index in [0.29, 0.717) is 0 Å². The van der Waals surface area contributed by atoms with Crippen molar-refractivity contribution in [3.8, 4) is 0 Å². The Morgan fingerprint density at radius 3 is 1.82 bits per heavy atom. The van der Waals surface area contributed by atoms with Crippen LogP contribution in [0.15, 0.2) is 59.0 Å². The number of hydrogen-bond donors (Lipinski definition) is 1. The maximum atomic E-state index is 3.90. The van der Waals surface area contributed by atoms with Crippen molar-refractivity contribution >= 4 is 0 Å². The van der Waals surface area contributed by atoms with Gasteiger partial charge < -0.3 is 5.32 Å². The van der Waals surface area contributed by atoms with Gasteiger partial charge in [0, 0.05) is 11.4 Å². The quantitative estimate of drug-likeness (QED) is 0.665. The molecule has 1 N–H and O–H groups in total. The van der Waals surface area contributed by atoms with Crippen molar-refractivity contribution in [3.63, 3.8) is 0 Å². The van der Waals surface area contributed by atoms with E-state index in [1.807, 2.05) is 19.1 Å². The van der Waals surface area contributed by atoms with Gasteiger partial charge in [-0.05, 0) is 58.3 Å². The van der Waals surface area contributed by atoms with Gasteiger partial charge in [0.1, 0.15) is 0 Å². The number of rotatable bonds is 5. The van der Waals surface area contributed by atoms with Crippen LogP contribution < -0.4 is 5.32 Å². The Balaban J connectivity index is 5.50. The van der Waals surface area contributed by atoms with Crippen LogP contribution in [0.4, 0.5) is 0 Å². The minimum absolute atomic E-state index is 0.957. The SMILES string of the molecule is C=C/C=C(C)\C(C)=C(/C)C(NC(=C)C)=C(C)C. The second-order valence-corrected chi connectivity index (χ2v) is 4.62. The summed E-state index contributed by atoms with van der Waals surface area (Å²) >= 11 is 0. The molecule has 0 aliphatic heterocycles. The maximum absolute atomic E-state index is 3.90. The van der Waals surface area contributed by atoms with Gasteiger partial charge in [-0.1, -0.05) is 30.9 Å². The monoisotopic (exact) mass is 231 g/mol. The summed E-state index contributed by atoms with van der Waals surface area (Å²) in [6, 6.07) is 0. The van der Waals surface area contributed by atoms with E-state index in [0.717, 1.165) is 11.4 Å². The lowest BCUT2D eigenvalue weighted by atomic mass is 9.99. The molecular weight excluding hydrogens is 206 g/mol. The first kappa shape index (κ1) is 15.5. The largest absolute Gasteiger partial charge is 0.360 e. The third-order valence-corrected chi connectivity index (χ3v) is 2.74. The number of allylic oxidation sites excluding steroid dienone is 7. The van der Waals surface area contributed by atoms with Gasteiger partial charge in [0.15, 0.2) is 0 Å². The van der Waals surface area contributed by atoms with Crippen molar-refractivity contribution in [3.05, 3.63) is 59.0 Å². The summed E-state index contributed by atoms with van der Waals surface area (Å²) in [5, 5.41) is 3.33. The molecule has 0 fully saturated rings. The topological polar surface area (TPSA) is 12.0 Å². The smallest absolute Gasteiger partial charge is 0.0400 e. The highest BCUT2D eigenvalue weighted by Crippen LogP contribution is 2.21. The van der Waals surface area contributed by atoms with Crippen LogP contribution in [-0.4, -0.2) is 0 Å². The predicted molar refractivity (Wildman–Crippen MR) is 78.7 cm³/mol. The predicted octanol–water partition coefficient (Wildman–Crippen LogP) is 4.87. The molecule has 0 rings (SSSR count). The van der Waals surface area contributed by atoms with Crippen molar-refractivity contribution < 1.29 is 0 Å². The first-order valence-electron chi connectivity index (χ1n) is 5.88. The van der Waals surface area contributed by atoms with Gasteiger partial charge in [-0.25, -0.2) is 0 Å². The maximum Gasteiger partial charge on any atom is 0.0400 e. The Kier molecular flexibility index (Phi) is 6.34. The highest BCUT2D eigenvalue weighted by atomic mass is 14.9. The van der Waals surface area contributed by atoms with E-state index in [-0.39, 0.29) is 0 Å². The molecule has 0 aliphatic carbocycles. The third-order valence-electron chi connectivity index (χ3n) is 2.74. The van der Waals surface area contributed by atoms with Crippen LogP contribution in [0.1, 0.15) is 41.5 Å². The summed E-state index contributed by atoms with van der Waals surface area (Å²) in [5.41, 5.74) is 7.14. The summed E-state index contributed by atoms with van der Waals surface area (Å²) in [5.74, 6) is 0. The van der Waals surface area contributed by atoms with E-state index >= 15 is 0 Å². The molecule has 17 heavy (non-hydrogen) atoms. The fraction of sp³-hybridized carbons (Fsp3) is 0.375. The minimum atomic E-state index is 0.957. The average molecular weight is 231 g/mol. The van der Waals surface area contributed by atoms with Crippen LogP contribution >= 0.6 is 0 Å². The van der Waals surface area contributed by atoms with Gasteiger partial charge in [-0.3, -0.25) is 0 Å². The lowest BCUT2D eigenvalue weighted by Gasteiger charge is -2.17. The van der Waals surface area contributed by atoms with Crippen molar-refractivity contribution in [1.29, 1.82) is 0 Å². The summed E-state index contributed by atoms with van der Waals surface area (Å²) < 4.78 is 0. The molecule has 0 aliphatic rings. The van der Waals surface area contributed by atoms with E-state index in [4.69, 9.17) is 0 Å². The molecule has 0 saturated carbocycles. The summed E-state index contributed by atoms with van der Waals surface area (Å²) in [6.07, 6.45) is 3.85. The lowest BCUT2D eigenvalue weighted by molar-refractivity contribution is 0.945. The summed E-state index contributed by atoms with van der Waals surface area (Å²) in [4.78, 5) is 0. The standard InChI is InChI=1S/C16H25N/c1-9-10-13(6)14(7)15(8)16(11(2)3)17-12(4)5/h9-10,17H,1,4H2,2-3,5-8H3/b13-10-,15-14+. The van der Waals surface area contributed by atoms with Crippen molar-refractivity contribution in [1.82, 2.24) is 5.32 Å². The Morgan fingerprint density at radius 2 is 1.47 bits per heavy atom. The zero-order valence-corrected chi connectivity index (χ0v) is 12.1. The van der Waals surface area contributed by atoms with Gasteiger partial charge in [-0.2, -0.15) is 0 Å². The zero-order valence-electron chi connectivity index (χ0n) is 12.1. The highest BCUT2D eigenvalue weighted by molar-refractivity contribution is 5.44. The van der Waals surface area contributed by atoms with Crippen LogP contribution in [0.3, 0.4) is 0 Å². The van der Waals surface area contributed by atoms with E-state index < -0.39 is 0 Å². The fourth-order valence-corrected chi connectivity index (χ4v) is 1.59. The first-order valence-corrected chi connectivity index (χ1v) is 5.88. The van der Waals surface area contributed by atoms with Crippen LogP contribution in [0.25, 0.3) is 0 Å². The van der Waals surface area contributed by atoms with Crippen molar-refractivity contribution in [2.45, 2.75) is 41.5 Å². The van der Waals surface area contributed by atoms with Crippen LogP contribution in [0.5, 0.6) is 0 Å². The van der Waals surface area contributed by atoms with Crippen LogP contribution in [0.2, 0.25) is 0 Å². The molecule has 0 radical (unpaired) electrons. The Labute approximate surface area is 106 Å². The van der Waals surface area contributed by atoms with Crippen LogP contribution in [0, 0.1) is 0 Å².